The Morgan fingerprint density at radius 3 is 2.61 bits per heavy atom. The molecule has 1 aliphatic rings. The lowest BCUT2D eigenvalue weighted by atomic mass is 9.99. The molecule has 1 aliphatic carbocycles. The van der Waals surface area contributed by atoms with Crippen molar-refractivity contribution in [1.29, 1.82) is 0 Å². The number of benzene rings is 1. The monoisotopic (exact) mass is 320 g/mol. The maximum atomic E-state index is 6.14. The predicted octanol–water partition coefficient (Wildman–Crippen LogP) is 5.65. The van der Waals surface area contributed by atoms with Crippen LogP contribution in [0.5, 0.6) is 0 Å². The Labute approximate surface area is 141 Å². The summed E-state index contributed by atoms with van der Waals surface area (Å²) in [5, 5.41) is 0.743. The quantitative estimate of drug-likeness (QED) is 0.623. The van der Waals surface area contributed by atoms with Crippen molar-refractivity contribution >= 4 is 11.6 Å². The summed E-state index contributed by atoms with van der Waals surface area (Å²) in [5.74, 6) is 0.653. The summed E-state index contributed by atoms with van der Waals surface area (Å²) in [6.45, 7) is 2.03. The molecule has 1 aromatic carbocycles. The highest BCUT2D eigenvalue weighted by Gasteiger charge is 2.25. The van der Waals surface area contributed by atoms with Gasteiger partial charge in [-0.05, 0) is 61.2 Å². The smallest absolute Gasteiger partial charge is 0.0451 e. The van der Waals surface area contributed by atoms with Gasteiger partial charge >= 0.3 is 0 Å². The topological polar surface area (TPSA) is 25.8 Å². The SMILES string of the molecule is Cc1ncc(-c2ccnc(C3CC3)c2)cc1-c1cccc(Cl)c1. The Morgan fingerprint density at radius 2 is 1.83 bits per heavy atom. The number of aryl methyl sites for hydroxylation is 1. The van der Waals surface area contributed by atoms with Crippen molar-refractivity contribution in [3.8, 4) is 22.3 Å². The molecular weight excluding hydrogens is 304 g/mol. The summed E-state index contributed by atoms with van der Waals surface area (Å²) < 4.78 is 0. The molecule has 0 bridgehead atoms. The average molecular weight is 321 g/mol. The highest BCUT2D eigenvalue weighted by molar-refractivity contribution is 6.30. The fourth-order valence-electron chi connectivity index (χ4n) is 2.87. The van der Waals surface area contributed by atoms with Gasteiger partial charge in [0.15, 0.2) is 0 Å². The van der Waals surface area contributed by atoms with E-state index in [0.29, 0.717) is 5.92 Å². The number of pyridine rings is 2. The minimum Gasteiger partial charge on any atom is -0.261 e. The van der Waals surface area contributed by atoms with E-state index in [2.05, 4.69) is 34.2 Å². The van der Waals surface area contributed by atoms with Crippen molar-refractivity contribution in [2.24, 2.45) is 0 Å². The van der Waals surface area contributed by atoms with Crippen LogP contribution in [-0.4, -0.2) is 9.97 Å². The van der Waals surface area contributed by atoms with Crippen LogP contribution in [0.4, 0.5) is 0 Å². The summed E-state index contributed by atoms with van der Waals surface area (Å²) in [4.78, 5) is 9.09. The van der Waals surface area contributed by atoms with Gasteiger partial charge in [0.05, 0.1) is 0 Å². The number of aromatic nitrogens is 2. The van der Waals surface area contributed by atoms with E-state index in [1.54, 1.807) is 0 Å². The summed E-state index contributed by atoms with van der Waals surface area (Å²) >= 11 is 6.14. The molecule has 0 amide bonds. The second-order valence-corrected chi connectivity index (χ2v) is 6.55. The second-order valence-electron chi connectivity index (χ2n) is 6.11. The van der Waals surface area contributed by atoms with Gasteiger partial charge in [-0.1, -0.05) is 23.7 Å². The van der Waals surface area contributed by atoms with Gasteiger partial charge in [-0.2, -0.15) is 0 Å². The number of hydrogen-bond donors (Lipinski definition) is 0. The Morgan fingerprint density at radius 1 is 0.957 bits per heavy atom. The van der Waals surface area contributed by atoms with Gasteiger partial charge in [0.1, 0.15) is 0 Å². The van der Waals surface area contributed by atoms with Crippen molar-refractivity contribution in [2.75, 3.05) is 0 Å². The first-order chi connectivity index (χ1) is 11.2. The zero-order valence-corrected chi connectivity index (χ0v) is 13.7. The van der Waals surface area contributed by atoms with Crippen LogP contribution in [-0.2, 0) is 0 Å². The lowest BCUT2D eigenvalue weighted by molar-refractivity contribution is 1.02. The first-order valence-corrected chi connectivity index (χ1v) is 8.27. The molecule has 1 saturated carbocycles. The van der Waals surface area contributed by atoms with Crippen LogP contribution in [0.25, 0.3) is 22.3 Å². The molecule has 0 unspecified atom stereocenters. The lowest BCUT2D eigenvalue weighted by Gasteiger charge is -2.10. The fraction of sp³-hybridized carbons (Fsp3) is 0.200. The first-order valence-electron chi connectivity index (χ1n) is 7.89. The zero-order chi connectivity index (χ0) is 15.8. The van der Waals surface area contributed by atoms with Crippen LogP contribution >= 0.6 is 11.6 Å². The number of nitrogens with zero attached hydrogens (tertiary/aromatic N) is 2. The Bertz CT molecular complexity index is 869. The maximum absolute atomic E-state index is 6.14. The van der Waals surface area contributed by atoms with Gasteiger partial charge in [0, 0.05) is 45.8 Å². The third-order valence-electron chi connectivity index (χ3n) is 4.33. The third-order valence-corrected chi connectivity index (χ3v) is 4.57. The standard InChI is InChI=1S/C20H17ClN2/c1-13-19(16-3-2-4-18(21)9-16)10-17(12-23-13)15-7-8-22-20(11-15)14-5-6-14/h2-4,7-12,14H,5-6H2,1H3. The Kier molecular flexibility index (Phi) is 3.62. The molecule has 2 aromatic heterocycles. The van der Waals surface area contributed by atoms with Gasteiger partial charge in [-0.15, -0.1) is 0 Å². The molecule has 1 fully saturated rings. The van der Waals surface area contributed by atoms with Crippen LogP contribution in [0.15, 0.2) is 54.9 Å². The molecule has 0 spiro atoms. The summed E-state index contributed by atoms with van der Waals surface area (Å²) in [6, 6.07) is 14.4. The van der Waals surface area contributed by atoms with Crippen LogP contribution in [0.3, 0.4) is 0 Å². The maximum Gasteiger partial charge on any atom is 0.0451 e. The molecular formula is C20H17ClN2. The van der Waals surface area contributed by atoms with Crippen molar-refractivity contribution < 1.29 is 0 Å². The van der Waals surface area contributed by atoms with Crippen molar-refractivity contribution in [3.63, 3.8) is 0 Å². The zero-order valence-electron chi connectivity index (χ0n) is 13.0. The van der Waals surface area contributed by atoms with Gasteiger partial charge in [-0.3, -0.25) is 9.97 Å². The molecule has 0 aliphatic heterocycles. The van der Waals surface area contributed by atoms with E-state index in [0.717, 1.165) is 27.4 Å². The van der Waals surface area contributed by atoms with E-state index in [1.807, 2.05) is 37.5 Å². The average Bonchev–Trinajstić information content (AvgIpc) is 3.40. The third kappa shape index (κ3) is 2.99. The van der Waals surface area contributed by atoms with E-state index in [-0.39, 0.29) is 0 Å². The summed E-state index contributed by atoms with van der Waals surface area (Å²) in [7, 11) is 0. The Hall–Kier alpha value is -2.19. The number of halogens is 1. The summed E-state index contributed by atoms with van der Waals surface area (Å²) in [5.41, 5.74) is 6.73. The molecule has 4 rings (SSSR count). The van der Waals surface area contributed by atoms with Crippen molar-refractivity contribution in [3.05, 3.63) is 71.3 Å². The lowest BCUT2D eigenvalue weighted by Crippen LogP contribution is -1.92. The van der Waals surface area contributed by atoms with E-state index in [9.17, 15) is 0 Å². The summed E-state index contributed by atoms with van der Waals surface area (Å²) in [6.07, 6.45) is 6.37. The Balaban J connectivity index is 1.78. The van der Waals surface area contributed by atoms with E-state index < -0.39 is 0 Å². The first kappa shape index (κ1) is 14.4. The van der Waals surface area contributed by atoms with E-state index >= 15 is 0 Å². The van der Waals surface area contributed by atoms with Gasteiger partial charge < -0.3 is 0 Å². The van der Waals surface area contributed by atoms with Crippen LogP contribution < -0.4 is 0 Å². The minimum absolute atomic E-state index is 0.653. The van der Waals surface area contributed by atoms with Crippen molar-refractivity contribution in [1.82, 2.24) is 9.97 Å². The van der Waals surface area contributed by atoms with E-state index in [1.165, 1.54) is 24.1 Å². The van der Waals surface area contributed by atoms with Gasteiger partial charge in [0.25, 0.3) is 0 Å². The molecule has 0 N–H and O–H groups in total. The molecule has 0 radical (unpaired) electrons. The predicted molar refractivity (Wildman–Crippen MR) is 94.6 cm³/mol. The van der Waals surface area contributed by atoms with Crippen molar-refractivity contribution in [2.45, 2.75) is 25.7 Å². The number of hydrogen-bond acceptors (Lipinski definition) is 2. The molecule has 23 heavy (non-hydrogen) atoms. The molecule has 2 nitrogen and oxygen atoms in total. The van der Waals surface area contributed by atoms with E-state index in [4.69, 9.17) is 11.6 Å². The van der Waals surface area contributed by atoms with Crippen LogP contribution in [0.1, 0.15) is 30.1 Å². The highest BCUT2D eigenvalue weighted by Crippen LogP contribution is 2.40. The highest BCUT2D eigenvalue weighted by atomic mass is 35.5. The second kappa shape index (κ2) is 5.78. The fourth-order valence-corrected chi connectivity index (χ4v) is 3.06. The van der Waals surface area contributed by atoms with Crippen LogP contribution in [0, 0.1) is 6.92 Å². The molecule has 2 heterocycles. The minimum atomic E-state index is 0.653. The molecule has 114 valence electrons. The molecule has 0 saturated heterocycles. The normalized spacial score (nSPS) is 14.0. The number of rotatable bonds is 3. The van der Waals surface area contributed by atoms with Gasteiger partial charge in [0.2, 0.25) is 0 Å². The molecule has 3 aromatic rings. The molecule has 0 atom stereocenters. The largest absolute Gasteiger partial charge is 0.261 e. The molecule has 3 heteroatoms. The van der Waals surface area contributed by atoms with Crippen LogP contribution in [0.2, 0.25) is 5.02 Å². The van der Waals surface area contributed by atoms with Gasteiger partial charge in [-0.25, -0.2) is 0 Å².